The Labute approximate surface area is 140 Å². The van der Waals surface area contributed by atoms with Gasteiger partial charge in [-0.05, 0) is 26.2 Å². The molecule has 1 aliphatic heterocycles. The van der Waals surface area contributed by atoms with Crippen LogP contribution >= 0.6 is 0 Å². The fraction of sp³-hybridized carbons (Fsp3) is 0.733. The molecule has 0 aromatic rings. The van der Waals surface area contributed by atoms with Crippen LogP contribution in [0.25, 0.3) is 0 Å². The molecule has 0 aromatic heterocycles. The minimum Gasteiger partial charge on any atom is -0.444 e. The summed E-state index contributed by atoms with van der Waals surface area (Å²) in [7, 11) is 0. The van der Waals surface area contributed by atoms with E-state index in [-0.39, 0.29) is 12.8 Å². The molecule has 9 heteroatoms. The van der Waals surface area contributed by atoms with Crippen LogP contribution in [-0.2, 0) is 24.0 Å². The number of carbonyl (C=O) groups excluding carboxylic acids is 4. The average Bonchev–Trinajstić information content (AvgIpc) is 2.60. The molecule has 3 amide bonds. The molecule has 0 saturated carbocycles. The molecule has 0 unspecified atom stereocenters. The zero-order valence-corrected chi connectivity index (χ0v) is 14.8. The first-order chi connectivity index (χ1) is 10.7. The van der Waals surface area contributed by atoms with E-state index in [0.29, 0.717) is 0 Å². The van der Waals surface area contributed by atoms with Gasteiger partial charge in [-0.15, -0.1) is 0 Å². The molecule has 1 saturated heterocycles. The lowest BCUT2D eigenvalue weighted by molar-refractivity contribution is -1.12. The van der Waals surface area contributed by atoms with Gasteiger partial charge in [0, 0.05) is 0 Å². The number of rotatable bonds is 3. The fourth-order valence-electron chi connectivity index (χ4n) is 2.00. The van der Waals surface area contributed by atoms with Gasteiger partial charge in [-0.25, -0.2) is 24.0 Å². The van der Waals surface area contributed by atoms with Crippen molar-refractivity contribution in [3.8, 4) is 0 Å². The van der Waals surface area contributed by atoms with Crippen molar-refractivity contribution in [3.63, 3.8) is 0 Å². The summed E-state index contributed by atoms with van der Waals surface area (Å²) in [5.74, 6) is -2.98. The van der Waals surface area contributed by atoms with Gasteiger partial charge in [0.05, 0.1) is 12.8 Å². The number of ether oxygens (including phenoxy) is 1. The molecule has 1 atom stereocenters. The summed E-state index contributed by atoms with van der Waals surface area (Å²) in [4.78, 5) is 50.3. The summed E-state index contributed by atoms with van der Waals surface area (Å²) in [5.41, 5.74) is -1.60. The second kappa shape index (κ2) is 6.48. The molecule has 0 spiro atoms. The molecule has 136 valence electrons. The van der Waals surface area contributed by atoms with Crippen LogP contribution in [0, 0.1) is 5.41 Å². The van der Waals surface area contributed by atoms with Crippen LogP contribution in [0.3, 0.4) is 0 Å². The number of amides is 3. The molecule has 2 N–H and O–H groups in total. The van der Waals surface area contributed by atoms with Crippen molar-refractivity contribution in [2.45, 2.75) is 66.0 Å². The number of nitrogens with one attached hydrogen (secondary N) is 1. The van der Waals surface area contributed by atoms with Crippen LogP contribution in [0.1, 0.15) is 54.4 Å². The lowest BCUT2D eigenvalue weighted by atomic mass is 9.87. The number of hydrogen-bond donors (Lipinski definition) is 2. The lowest BCUT2D eigenvalue weighted by Gasteiger charge is -2.30. The predicted molar refractivity (Wildman–Crippen MR) is 80.0 cm³/mol. The maximum Gasteiger partial charge on any atom is 0.408 e. The molecular formula is C15H25N2O7+. The smallest absolute Gasteiger partial charge is 0.408 e. The van der Waals surface area contributed by atoms with Gasteiger partial charge in [0.2, 0.25) is 0 Å². The van der Waals surface area contributed by atoms with Crippen molar-refractivity contribution >= 4 is 23.9 Å². The SMILES string of the molecule is CC(C)(C)OC(=O)N[C@H](C(=O)O[N+]1(O)C(=O)CCC1=O)C(C)(C)C. The fourth-order valence-corrected chi connectivity index (χ4v) is 2.00. The summed E-state index contributed by atoms with van der Waals surface area (Å²) in [5, 5.41) is 12.3. The van der Waals surface area contributed by atoms with E-state index in [9.17, 15) is 24.4 Å². The van der Waals surface area contributed by atoms with Gasteiger partial charge in [0.1, 0.15) is 16.5 Å². The first kappa shape index (κ1) is 20.0. The third-order valence-corrected chi connectivity index (χ3v) is 3.21. The van der Waals surface area contributed by atoms with Gasteiger partial charge in [-0.1, -0.05) is 20.8 Å². The Morgan fingerprint density at radius 2 is 1.54 bits per heavy atom. The van der Waals surface area contributed by atoms with Crippen molar-refractivity contribution in [1.82, 2.24) is 5.32 Å². The number of hydroxylamine groups is 4. The highest BCUT2D eigenvalue weighted by Crippen LogP contribution is 2.25. The Morgan fingerprint density at radius 3 is 1.92 bits per heavy atom. The lowest BCUT2D eigenvalue weighted by Crippen LogP contribution is -2.57. The molecule has 9 nitrogen and oxygen atoms in total. The van der Waals surface area contributed by atoms with Crippen LogP contribution in [-0.4, -0.2) is 45.5 Å². The number of hydrogen-bond acceptors (Lipinski definition) is 7. The van der Waals surface area contributed by atoms with E-state index >= 15 is 0 Å². The standard InChI is InChI=1S/C15H24N2O7/c1-14(2,3)11(16-13(21)23-15(4,5)6)12(20)24-17(22)9(18)7-8-10(17)19/h11,22H,7-8H2,1-6H3/p+1/t11-/m1/s1. The topological polar surface area (TPSA) is 119 Å². The highest BCUT2D eigenvalue weighted by Gasteiger charge is 2.56. The van der Waals surface area contributed by atoms with E-state index in [4.69, 9.17) is 9.57 Å². The molecule has 1 fully saturated rings. The van der Waals surface area contributed by atoms with Crippen LogP contribution in [0.4, 0.5) is 4.79 Å². The molecule has 1 aliphatic rings. The maximum atomic E-state index is 12.4. The van der Waals surface area contributed by atoms with E-state index in [1.807, 2.05) is 0 Å². The van der Waals surface area contributed by atoms with Gasteiger partial charge in [0.15, 0.2) is 0 Å². The van der Waals surface area contributed by atoms with E-state index in [1.165, 1.54) is 0 Å². The second-order valence-electron chi connectivity index (χ2n) is 7.72. The Hall–Kier alpha value is -2.00. The average molecular weight is 345 g/mol. The zero-order valence-electron chi connectivity index (χ0n) is 14.8. The van der Waals surface area contributed by atoms with E-state index in [2.05, 4.69) is 5.32 Å². The largest absolute Gasteiger partial charge is 0.444 e. The normalized spacial score (nSPS) is 19.0. The van der Waals surface area contributed by atoms with Crippen molar-refractivity contribution in [1.29, 1.82) is 0 Å². The Balaban J connectivity index is 2.93. The van der Waals surface area contributed by atoms with Crippen molar-refractivity contribution in [2.75, 3.05) is 0 Å². The minimum absolute atomic E-state index is 0.220. The highest BCUT2D eigenvalue weighted by atomic mass is 17.0. The molecule has 0 aliphatic carbocycles. The van der Waals surface area contributed by atoms with Gasteiger partial charge in [0.25, 0.3) is 0 Å². The molecular weight excluding hydrogens is 320 g/mol. The van der Waals surface area contributed by atoms with Crippen LogP contribution in [0.5, 0.6) is 0 Å². The Kier molecular flexibility index (Phi) is 5.41. The van der Waals surface area contributed by atoms with E-state index in [0.717, 1.165) is 0 Å². The summed E-state index contributed by atoms with van der Waals surface area (Å²) in [6, 6.07) is -1.24. The van der Waals surface area contributed by atoms with Crippen molar-refractivity contribution in [3.05, 3.63) is 0 Å². The third-order valence-electron chi connectivity index (χ3n) is 3.21. The summed E-state index contributed by atoms with van der Waals surface area (Å²) >= 11 is 0. The molecule has 0 bridgehead atoms. The van der Waals surface area contributed by atoms with Gasteiger partial charge in [-0.2, -0.15) is 5.21 Å². The molecule has 0 aromatic carbocycles. The van der Waals surface area contributed by atoms with Gasteiger partial charge >= 0.3 is 23.9 Å². The van der Waals surface area contributed by atoms with Crippen molar-refractivity contribution < 1.29 is 38.8 Å². The summed E-state index contributed by atoms with van der Waals surface area (Å²) in [6.45, 7) is 9.91. The maximum absolute atomic E-state index is 12.4. The first-order valence-corrected chi connectivity index (χ1v) is 7.58. The number of alkyl carbamates (subject to hydrolysis) is 1. The van der Waals surface area contributed by atoms with Crippen molar-refractivity contribution in [2.24, 2.45) is 5.41 Å². The van der Waals surface area contributed by atoms with E-state index in [1.54, 1.807) is 41.5 Å². The molecule has 1 rings (SSSR count). The third kappa shape index (κ3) is 4.75. The van der Waals surface area contributed by atoms with Gasteiger partial charge < -0.3 is 10.1 Å². The quantitative estimate of drug-likeness (QED) is 0.451. The number of quaternary nitrogens is 1. The highest BCUT2D eigenvalue weighted by molar-refractivity contribution is 5.91. The summed E-state index contributed by atoms with van der Waals surface area (Å²) in [6.07, 6.45) is -1.30. The van der Waals surface area contributed by atoms with Crippen LogP contribution < -0.4 is 5.32 Å². The predicted octanol–water partition coefficient (Wildman–Crippen LogP) is 1.44. The second-order valence-corrected chi connectivity index (χ2v) is 7.72. The van der Waals surface area contributed by atoms with E-state index < -0.39 is 45.7 Å². The number of imide groups is 1. The number of carbonyl (C=O) groups is 4. The van der Waals surface area contributed by atoms with Crippen LogP contribution in [0.2, 0.25) is 0 Å². The first-order valence-electron chi connectivity index (χ1n) is 7.58. The molecule has 24 heavy (non-hydrogen) atoms. The number of nitrogens with zero attached hydrogens (tertiary/aromatic N) is 1. The molecule has 1 heterocycles. The minimum atomic E-state index is -2.03. The molecule has 0 radical (unpaired) electrons. The summed E-state index contributed by atoms with van der Waals surface area (Å²) < 4.78 is 5.09. The van der Waals surface area contributed by atoms with Gasteiger partial charge in [-0.3, -0.25) is 0 Å². The Bertz CT molecular complexity index is 541. The Morgan fingerprint density at radius 1 is 1.08 bits per heavy atom. The van der Waals surface area contributed by atoms with Crippen LogP contribution in [0.15, 0.2) is 0 Å². The zero-order chi connectivity index (χ0) is 18.9. The monoisotopic (exact) mass is 345 g/mol.